The molecule has 0 saturated heterocycles. The smallest absolute Gasteiger partial charge is 0.126 e. The zero-order chi connectivity index (χ0) is 11.6. The van der Waals surface area contributed by atoms with Gasteiger partial charge >= 0.3 is 0 Å². The van der Waals surface area contributed by atoms with Crippen LogP contribution in [0.4, 0.5) is 0 Å². The van der Waals surface area contributed by atoms with Gasteiger partial charge in [-0.3, -0.25) is 0 Å². The van der Waals surface area contributed by atoms with Crippen molar-refractivity contribution in [1.82, 2.24) is 0 Å². The van der Waals surface area contributed by atoms with Crippen LogP contribution in [-0.4, -0.2) is 11.2 Å². The Hall–Kier alpha value is -1.18. The van der Waals surface area contributed by atoms with Crippen molar-refractivity contribution in [2.24, 2.45) is 0 Å². The van der Waals surface area contributed by atoms with Crippen LogP contribution in [0.3, 0.4) is 0 Å². The summed E-state index contributed by atoms with van der Waals surface area (Å²) in [6.45, 7) is 10.0. The molecule has 1 aromatic carbocycles. The molecule has 1 N–H and O–H groups in total. The van der Waals surface area contributed by atoms with E-state index in [1.807, 2.05) is 34.6 Å². The van der Waals surface area contributed by atoms with E-state index < -0.39 is 0 Å². The Labute approximate surface area is 91.9 Å². The third kappa shape index (κ3) is 2.44. The highest BCUT2D eigenvalue weighted by Gasteiger charge is 2.13. The van der Waals surface area contributed by atoms with E-state index in [0.717, 1.165) is 28.9 Å². The van der Waals surface area contributed by atoms with E-state index in [0.29, 0.717) is 5.75 Å². The molecule has 0 aliphatic rings. The van der Waals surface area contributed by atoms with Crippen molar-refractivity contribution < 1.29 is 9.84 Å². The Bertz CT molecular complexity index is 354. The second-order valence-corrected chi connectivity index (χ2v) is 4.17. The van der Waals surface area contributed by atoms with Crippen LogP contribution >= 0.6 is 0 Å². The molecule has 0 amide bonds. The van der Waals surface area contributed by atoms with E-state index in [-0.39, 0.29) is 6.10 Å². The number of hydrogen-bond acceptors (Lipinski definition) is 2. The number of rotatable bonds is 3. The molecular weight excluding hydrogens is 188 g/mol. The lowest BCUT2D eigenvalue weighted by molar-refractivity contribution is 0.238. The lowest BCUT2D eigenvalue weighted by atomic mass is 10.0. The van der Waals surface area contributed by atoms with Crippen LogP contribution < -0.4 is 4.74 Å². The molecular formula is C13H20O2. The Kier molecular flexibility index (Phi) is 3.61. The summed E-state index contributed by atoms with van der Waals surface area (Å²) in [5.41, 5.74) is 3.04. The zero-order valence-electron chi connectivity index (χ0n) is 10.2. The number of aryl methyl sites for hydroxylation is 1. The molecule has 0 spiro atoms. The normalized spacial score (nSPS) is 10.8. The summed E-state index contributed by atoms with van der Waals surface area (Å²) >= 11 is 0. The first-order valence-electron chi connectivity index (χ1n) is 5.46. The fraction of sp³-hybridized carbons (Fsp3) is 0.538. The topological polar surface area (TPSA) is 29.5 Å². The quantitative estimate of drug-likeness (QED) is 0.825. The van der Waals surface area contributed by atoms with Gasteiger partial charge in [-0.2, -0.15) is 0 Å². The number of aromatic hydroxyl groups is 1. The van der Waals surface area contributed by atoms with Crippen molar-refractivity contribution in [3.05, 3.63) is 22.8 Å². The van der Waals surface area contributed by atoms with Gasteiger partial charge in [-0.25, -0.2) is 0 Å². The monoisotopic (exact) mass is 208 g/mol. The molecule has 0 bridgehead atoms. The van der Waals surface area contributed by atoms with Gasteiger partial charge in [0.25, 0.3) is 0 Å². The van der Waals surface area contributed by atoms with Crippen molar-refractivity contribution in [3.63, 3.8) is 0 Å². The van der Waals surface area contributed by atoms with Crippen LogP contribution in [0.1, 0.15) is 37.5 Å². The third-order valence-corrected chi connectivity index (χ3v) is 2.52. The molecule has 2 heteroatoms. The van der Waals surface area contributed by atoms with E-state index in [1.165, 1.54) is 0 Å². The van der Waals surface area contributed by atoms with Crippen LogP contribution in [0.15, 0.2) is 6.07 Å². The van der Waals surface area contributed by atoms with Gasteiger partial charge in [-0.1, -0.05) is 6.92 Å². The zero-order valence-corrected chi connectivity index (χ0v) is 10.2. The minimum atomic E-state index is 0.164. The highest BCUT2D eigenvalue weighted by Crippen LogP contribution is 2.33. The molecule has 0 heterocycles. The number of hydrogen-bond donors (Lipinski definition) is 1. The SMILES string of the molecule is CCc1c(O)cc(C)c(OC(C)C)c1C. The fourth-order valence-corrected chi connectivity index (χ4v) is 1.85. The van der Waals surface area contributed by atoms with Gasteiger partial charge in [0.05, 0.1) is 6.10 Å². The summed E-state index contributed by atoms with van der Waals surface area (Å²) in [6, 6.07) is 1.78. The Morgan fingerprint density at radius 2 is 1.93 bits per heavy atom. The molecule has 0 fully saturated rings. The van der Waals surface area contributed by atoms with E-state index in [4.69, 9.17) is 4.74 Å². The first-order valence-corrected chi connectivity index (χ1v) is 5.46. The fourth-order valence-electron chi connectivity index (χ4n) is 1.85. The molecule has 15 heavy (non-hydrogen) atoms. The standard InChI is InChI=1S/C13H20O2/c1-6-11-10(5)13(15-8(2)3)9(4)7-12(11)14/h7-8,14H,6H2,1-5H3. The molecule has 1 aromatic rings. The molecule has 0 aliphatic heterocycles. The number of phenolic OH excluding ortho intramolecular Hbond substituents is 1. The van der Waals surface area contributed by atoms with Crippen molar-refractivity contribution in [1.29, 1.82) is 0 Å². The summed E-state index contributed by atoms with van der Waals surface area (Å²) < 4.78 is 5.76. The molecule has 0 saturated carbocycles. The summed E-state index contributed by atoms with van der Waals surface area (Å²) in [7, 11) is 0. The number of phenols is 1. The average Bonchev–Trinajstić information content (AvgIpc) is 2.12. The van der Waals surface area contributed by atoms with Gasteiger partial charge < -0.3 is 9.84 Å². The molecule has 1 rings (SSSR count). The average molecular weight is 208 g/mol. The van der Waals surface area contributed by atoms with Crippen LogP contribution in [0.25, 0.3) is 0 Å². The van der Waals surface area contributed by atoms with Crippen LogP contribution in [-0.2, 0) is 6.42 Å². The molecule has 0 atom stereocenters. The predicted molar refractivity (Wildman–Crippen MR) is 62.7 cm³/mol. The lowest BCUT2D eigenvalue weighted by Gasteiger charge is -2.18. The van der Waals surface area contributed by atoms with Gasteiger partial charge in [0.2, 0.25) is 0 Å². The Morgan fingerprint density at radius 3 is 2.40 bits per heavy atom. The summed E-state index contributed by atoms with van der Waals surface area (Å²) in [6.07, 6.45) is 0.989. The van der Waals surface area contributed by atoms with Crippen LogP contribution in [0, 0.1) is 13.8 Å². The van der Waals surface area contributed by atoms with E-state index in [9.17, 15) is 5.11 Å². The molecule has 0 aliphatic carbocycles. The van der Waals surface area contributed by atoms with Crippen molar-refractivity contribution >= 4 is 0 Å². The minimum absolute atomic E-state index is 0.164. The summed E-state index contributed by atoms with van der Waals surface area (Å²) in [4.78, 5) is 0. The minimum Gasteiger partial charge on any atom is -0.508 e. The largest absolute Gasteiger partial charge is 0.508 e. The Balaban J connectivity index is 3.26. The second kappa shape index (κ2) is 4.56. The molecule has 2 nitrogen and oxygen atoms in total. The maximum atomic E-state index is 9.78. The predicted octanol–water partition coefficient (Wildman–Crippen LogP) is 3.36. The van der Waals surface area contributed by atoms with Gasteiger partial charge in [-0.15, -0.1) is 0 Å². The highest BCUT2D eigenvalue weighted by molar-refractivity contribution is 5.52. The van der Waals surface area contributed by atoms with E-state index in [1.54, 1.807) is 6.07 Å². The first kappa shape index (κ1) is 11.9. The maximum absolute atomic E-state index is 9.78. The van der Waals surface area contributed by atoms with E-state index >= 15 is 0 Å². The molecule has 84 valence electrons. The van der Waals surface area contributed by atoms with Crippen molar-refractivity contribution in [2.75, 3.05) is 0 Å². The van der Waals surface area contributed by atoms with Crippen molar-refractivity contribution in [3.8, 4) is 11.5 Å². The number of benzene rings is 1. The number of ether oxygens (including phenoxy) is 1. The van der Waals surface area contributed by atoms with Gasteiger partial charge in [0, 0.05) is 5.56 Å². The first-order chi connectivity index (χ1) is 6.97. The summed E-state index contributed by atoms with van der Waals surface area (Å²) in [5.74, 6) is 1.29. The molecule has 0 radical (unpaired) electrons. The summed E-state index contributed by atoms with van der Waals surface area (Å²) in [5, 5.41) is 9.78. The van der Waals surface area contributed by atoms with Gasteiger partial charge in [-0.05, 0) is 51.3 Å². The lowest BCUT2D eigenvalue weighted by Crippen LogP contribution is -2.09. The van der Waals surface area contributed by atoms with Gasteiger partial charge in [0.1, 0.15) is 11.5 Å². The highest BCUT2D eigenvalue weighted by atomic mass is 16.5. The van der Waals surface area contributed by atoms with E-state index in [2.05, 4.69) is 0 Å². The maximum Gasteiger partial charge on any atom is 0.126 e. The van der Waals surface area contributed by atoms with Gasteiger partial charge in [0.15, 0.2) is 0 Å². The second-order valence-electron chi connectivity index (χ2n) is 4.17. The molecule has 0 unspecified atom stereocenters. The van der Waals surface area contributed by atoms with Crippen LogP contribution in [0.5, 0.6) is 11.5 Å². The molecule has 0 aromatic heterocycles. The van der Waals surface area contributed by atoms with Crippen molar-refractivity contribution in [2.45, 2.75) is 47.1 Å². The van der Waals surface area contributed by atoms with Crippen LogP contribution in [0.2, 0.25) is 0 Å². The third-order valence-electron chi connectivity index (χ3n) is 2.52. The Morgan fingerprint density at radius 1 is 1.33 bits per heavy atom.